The number of esters is 1. The monoisotopic (exact) mass is 329 g/mol. The first kappa shape index (κ1) is 16.7. The molecule has 0 bridgehead atoms. The summed E-state index contributed by atoms with van der Waals surface area (Å²) in [4.78, 5) is 37.5. The maximum Gasteiger partial charge on any atom is 0.305 e. The van der Waals surface area contributed by atoms with Gasteiger partial charge in [0.2, 0.25) is 0 Å². The van der Waals surface area contributed by atoms with Crippen molar-refractivity contribution in [3.05, 3.63) is 35.4 Å². The van der Waals surface area contributed by atoms with Crippen LogP contribution in [0.2, 0.25) is 0 Å². The Balaban J connectivity index is 1.41. The fourth-order valence-electron chi connectivity index (χ4n) is 3.46. The topological polar surface area (TPSA) is 63.7 Å². The van der Waals surface area contributed by atoms with Crippen LogP contribution in [0.25, 0.3) is 0 Å². The first-order valence-electron chi connectivity index (χ1n) is 8.77. The summed E-state index contributed by atoms with van der Waals surface area (Å²) < 4.78 is 5.33. The third-order valence-electron chi connectivity index (χ3n) is 4.85. The predicted octanol–water partition coefficient (Wildman–Crippen LogP) is 3.19. The van der Waals surface area contributed by atoms with Crippen molar-refractivity contribution in [2.45, 2.75) is 44.9 Å². The molecule has 2 amide bonds. The molecule has 1 aromatic carbocycles. The van der Waals surface area contributed by atoms with Gasteiger partial charge in [0.1, 0.15) is 0 Å². The molecule has 2 aliphatic rings. The third-order valence-corrected chi connectivity index (χ3v) is 4.85. The molecule has 1 saturated carbocycles. The number of carbonyl (C=O) groups is 3. The van der Waals surface area contributed by atoms with E-state index in [0.29, 0.717) is 30.1 Å². The Hall–Kier alpha value is -2.17. The molecule has 0 N–H and O–H groups in total. The van der Waals surface area contributed by atoms with Crippen molar-refractivity contribution in [2.24, 2.45) is 5.92 Å². The smallest absolute Gasteiger partial charge is 0.305 e. The van der Waals surface area contributed by atoms with E-state index in [9.17, 15) is 14.4 Å². The highest BCUT2D eigenvalue weighted by atomic mass is 16.5. The standard InChI is InChI=1S/C19H23NO4/c21-17(24-13-14-7-2-1-3-8-14)11-6-12-20-18(22)15-9-4-5-10-16(15)19(20)23/h4-5,9-10,14H,1-3,6-8,11-13H2. The van der Waals surface area contributed by atoms with Crippen LogP contribution < -0.4 is 0 Å². The van der Waals surface area contributed by atoms with Crippen LogP contribution in [-0.2, 0) is 9.53 Å². The summed E-state index contributed by atoms with van der Waals surface area (Å²) in [5.41, 5.74) is 0.893. The van der Waals surface area contributed by atoms with Gasteiger partial charge in [-0.1, -0.05) is 31.4 Å². The number of hydrogen-bond donors (Lipinski definition) is 0. The first-order valence-corrected chi connectivity index (χ1v) is 8.77. The number of imide groups is 1. The van der Waals surface area contributed by atoms with Gasteiger partial charge in [0.25, 0.3) is 11.8 Å². The van der Waals surface area contributed by atoms with E-state index in [1.54, 1.807) is 24.3 Å². The minimum absolute atomic E-state index is 0.236. The van der Waals surface area contributed by atoms with Crippen LogP contribution in [0.4, 0.5) is 0 Å². The minimum Gasteiger partial charge on any atom is -0.465 e. The maximum absolute atomic E-state index is 12.2. The number of amides is 2. The Labute approximate surface area is 142 Å². The van der Waals surface area contributed by atoms with E-state index in [1.165, 1.54) is 24.2 Å². The van der Waals surface area contributed by atoms with E-state index in [1.807, 2.05) is 0 Å². The molecular weight excluding hydrogens is 306 g/mol. The highest BCUT2D eigenvalue weighted by Crippen LogP contribution is 2.24. The number of ether oxygens (including phenoxy) is 1. The molecule has 0 aromatic heterocycles. The number of hydrogen-bond acceptors (Lipinski definition) is 4. The first-order chi connectivity index (χ1) is 11.7. The van der Waals surface area contributed by atoms with Gasteiger partial charge >= 0.3 is 5.97 Å². The molecule has 24 heavy (non-hydrogen) atoms. The fourth-order valence-corrected chi connectivity index (χ4v) is 3.46. The summed E-state index contributed by atoms with van der Waals surface area (Å²) in [5, 5.41) is 0. The Bertz CT molecular complexity index is 599. The van der Waals surface area contributed by atoms with Crippen molar-refractivity contribution in [2.75, 3.05) is 13.2 Å². The van der Waals surface area contributed by atoms with Crippen molar-refractivity contribution < 1.29 is 19.1 Å². The summed E-state index contributed by atoms with van der Waals surface area (Å²) >= 11 is 0. The second-order valence-corrected chi connectivity index (χ2v) is 6.60. The Morgan fingerprint density at radius 2 is 1.67 bits per heavy atom. The lowest BCUT2D eigenvalue weighted by Crippen LogP contribution is -2.31. The van der Waals surface area contributed by atoms with Crippen LogP contribution in [-0.4, -0.2) is 35.8 Å². The van der Waals surface area contributed by atoms with Crippen molar-refractivity contribution in [3.63, 3.8) is 0 Å². The molecule has 1 aromatic rings. The average molecular weight is 329 g/mol. The van der Waals surface area contributed by atoms with Gasteiger partial charge < -0.3 is 4.74 Å². The number of benzene rings is 1. The highest BCUT2D eigenvalue weighted by Gasteiger charge is 2.34. The lowest BCUT2D eigenvalue weighted by molar-refractivity contribution is -0.145. The molecule has 0 spiro atoms. The zero-order valence-electron chi connectivity index (χ0n) is 13.8. The van der Waals surface area contributed by atoms with Gasteiger partial charge in [-0.05, 0) is 37.3 Å². The van der Waals surface area contributed by atoms with Gasteiger partial charge in [0.05, 0.1) is 17.7 Å². The summed E-state index contributed by atoms with van der Waals surface area (Å²) in [6.07, 6.45) is 6.69. The van der Waals surface area contributed by atoms with Crippen LogP contribution in [0.15, 0.2) is 24.3 Å². The van der Waals surface area contributed by atoms with Crippen molar-refractivity contribution in [1.82, 2.24) is 4.90 Å². The molecule has 1 aliphatic carbocycles. The fraction of sp³-hybridized carbons (Fsp3) is 0.526. The van der Waals surface area contributed by atoms with E-state index < -0.39 is 0 Å². The van der Waals surface area contributed by atoms with Gasteiger partial charge in [-0.25, -0.2) is 0 Å². The summed E-state index contributed by atoms with van der Waals surface area (Å²) in [5.74, 6) is -0.284. The SMILES string of the molecule is O=C(CCCN1C(=O)c2ccccc2C1=O)OCC1CCCCC1. The van der Waals surface area contributed by atoms with Crippen LogP contribution >= 0.6 is 0 Å². The molecular formula is C19H23NO4. The molecule has 0 unspecified atom stereocenters. The molecule has 1 aliphatic heterocycles. The molecule has 0 atom stereocenters. The summed E-state index contributed by atoms with van der Waals surface area (Å²) in [6, 6.07) is 6.81. The molecule has 0 saturated heterocycles. The zero-order valence-corrected chi connectivity index (χ0v) is 13.8. The van der Waals surface area contributed by atoms with Crippen LogP contribution in [0, 0.1) is 5.92 Å². The normalized spacial score (nSPS) is 17.9. The van der Waals surface area contributed by atoms with Gasteiger partial charge in [0, 0.05) is 13.0 Å². The Morgan fingerprint density at radius 1 is 1.04 bits per heavy atom. The van der Waals surface area contributed by atoms with Crippen LogP contribution in [0.1, 0.15) is 65.7 Å². The number of rotatable bonds is 6. The van der Waals surface area contributed by atoms with Crippen molar-refractivity contribution in [3.8, 4) is 0 Å². The quantitative estimate of drug-likeness (QED) is 0.594. The van der Waals surface area contributed by atoms with E-state index in [0.717, 1.165) is 12.8 Å². The number of fused-ring (bicyclic) bond motifs is 1. The second-order valence-electron chi connectivity index (χ2n) is 6.60. The predicted molar refractivity (Wildman–Crippen MR) is 88.6 cm³/mol. The van der Waals surface area contributed by atoms with Gasteiger partial charge in [0.15, 0.2) is 0 Å². The molecule has 3 rings (SSSR count). The Morgan fingerprint density at radius 3 is 2.29 bits per heavy atom. The van der Waals surface area contributed by atoms with Crippen LogP contribution in [0.5, 0.6) is 0 Å². The number of carbonyl (C=O) groups excluding carboxylic acids is 3. The third kappa shape index (κ3) is 3.66. The highest BCUT2D eigenvalue weighted by molar-refractivity contribution is 6.21. The van der Waals surface area contributed by atoms with E-state index >= 15 is 0 Å². The van der Waals surface area contributed by atoms with Crippen molar-refractivity contribution >= 4 is 17.8 Å². The maximum atomic E-state index is 12.2. The molecule has 0 radical (unpaired) electrons. The van der Waals surface area contributed by atoms with Gasteiger partial charge in [-0.3, -0.25) is 19.3 Å². The van der Waals surface area contributed by atoms with Gasteiger partial charge in [-0.2, -0.15) is 0 Å². The molecule has 5 heteroatoms. The lowest BCUT2D eigenvalue weighted by atomic mass is 9.90. The van der Waals surface area contributed by atoms with E-state index in [2.05, 4.69) is 0 Å². The average Bonchev–Trinajstić information content (AvgIpc) is 2.86. The second kappa shape index (κ2) is 7.60. The molecule has 128 valence electrons. The minimum atomic E-state index is -0.272. The molecule has 1 fully saturated rings. The lowest BCUT2D eigenvalue weighted by Gasteiger charge is -2.21. The summed E-state index contributed by atoms with van der Waals surface area (Å²) in [7, 11) is 0. The Kier molecular flexibility index (Phi) is 5.28. The van der Waals surface area contributed by atoms with Crippen LogP contribution in [0.3, 0.4) is 0 Å². The number of nitrogens with zero attached hydrogens (tertiary/aromatic N) is 1. The van der Waals surface area contributed by atoms with E-state index in [-0.39, 0.29) is 30.7 Å². The molecule has 5 nitrogen and oxygen atoms in total. The zero-order chi connectivity index (χ0) is 16.9. The van der Waals surface area contributed by atoms with E-state index in [4.69, 9.17) is 4.74 Å². The summed E-state index contributed by atoms with van der Waals surface area (Å²) in [6.45, 7) is 0.761. The molecule has 1 heterocycles. The largest absolute Gasteiger partial charge is 0.465 e. The van der Waals surface area contributed by atoms with Gasteiger partial charge in [-0.15, -0.1) is 0 Å². The van der Waals surface area contributed by atoms with Crippen molar-refractivity contribution in [1.29, 1.82) is 0 Å².